The van der Waals surface area contributed by atoms with Crippen LogP contribution in [0.2, 0.25) is 5.02 Å². The van der Waals surface area contributed by atoms with Crippen LogP contribution in [0.25, 0.3) is 0 Å². The largest absolute Gasteiger partial charge is 0.494 e. The molecule has 1 aliphatic carbocycles. The maximum Gasteiger partial charge on any atom is 0.264 e. The van der Waals surface area contributed by atoms with Crippen molar-refractivity contribution in [3.8, 4) is 5.75 Å². The van der Waals surface area contributed by atoms with E-state index in [0.717, 1.165) is 41.1 Å². The molecule has 3 aromatic rings. The Morgan fingerprint density at radius 2 is 1.60 bits per heavy atom. The predicted molar refractivity (Wildman–Crippen MR) is 165 cm³/mol. The zero-order chi connectivity index (χ0) is 30.3. The third kappa shape index (κ3) is 7.83. The molecule has 1 saturated carbocycles. The molecule has 42 heavy (non-hydrogen) atoms. The van der Waals surface area contributed by atoms with E-state index in [1.54, 1.807) is 67.6 Å². The van der Waals surface area contributed by atoms with Gasteiger partial charge in [-0.05, 0) is 87.7 Å². The Bertz CT molecular complexity index is 1460. The summed E-state index contributed by atoms with van der Waals surface area (Å²) in [5, 5.41) is 3.63. The average Bonchev–Trinajstić information content (AvgIpc) is 3.49. The summed E-state index contributed by atoms with van der Waals surface area (Å²) in [6.45, 7) is 5.49. The molecule has 0 spiro atoms. The van der Waals surface area contributed by atoms with Crippen molar-refractivity contribution in [2.75, 3.05) is 17.5 Å². The third-order valence-electron chi connectivity index (χ3n) is 7.46. The van der Waals surface area contributed by atoms with Crippen LogP contribution in [0.1, 0.15) is 50.7 Å². The van der Waals surface area contributed by atoms with Crippen LogP contribution in [-0.4, -0.2) is 50.4 Å². The molecule has 8 nitrogen and oxygen atoms in total. The molecule has 0 aliphatic heterocycles. The van der Waals surface area contributed by atoms with Crippen molar-refractivity contribution < 1.29 is 22.7 Å². The maximum absolute atomic E-state index is 14.1. The summed E-state index contributed by atoms with van der Waals surface area (Å²) in [5.41, 5.74) is 2.06. The quantitative estimate of drug-likeness (QED) is 0.283. The van der Waals surface area contributed by atoms with Crippen molar-refractivity contribution >= 4 is 39.1 Å². The van der Waals surface area contributed by atoms with E-state index in [-0.39, 0.29) is 23.4 Å². The summed E-state index contributed by atoms with van der Waals surface area (Å²) in [6, 6.07) is 19.3. The van der Waals surface area contributed by atoms with Crippen LogP contribution in [0, 0.1) is 6.92 Å². The molecule has 0 bridgehead atoms. The Kier molecular flexibility index (Phi) is 10.5. The Balaban J connectivity index is 1.67. The number of hydrogen-bond donors (Lipinski definition) is 1. The van der Waals surface area contributed by atoms with Crippen molar-refractivity contribution in [3.63, 3.8) is 0 Å². The number of nitrogens with one attached hydrogen (secondary N) is 1. The molecule has 224 valence electrons. The highest BCUT2D eigenvalue weighted by Gasteiger charge is 2.33. The van der Waals surface area contributed by atoms with Gasteiger partial charge in [0.05, 0.1) is 17.2 Å². The Hall–Kier alpha value is -3.56. The molecule has 0 unspecified atom stereocenters. The van der Waals surface area contributed by atoms with Crippen molar-refractivity contribution in [2.45, 2.75) is 70.0 Å². The van der Waals surface area contributed by atoms with Crippen molar-refractivity contribution in [1.82, 2.24) is 10.2 Å². The normalized spacial score (nSPS) is 14.3. The minimum absolute atomic E-state index is 0.0237. The minimum atomic E-state index is -4.16. The van der Waals surface area contributed by atoms with Crippen molar-refractivity contribution in [1.29, 1.82) is 0 Å². The molecule has 0 heterocycles. The van der Waals surface area contributed by atoms with E-state index in [2.05, 4.69) is 5.32 Å². The van der Waals surface area contributed by atoms with E-state index in [9.17, 15) is 18.0 Å². The second-order valence-electron chi connectivity index (χ2n) is 10.6. The first kappa shape index (κ1) is 31.4. The number of benzene rings is 3. The molecule has 1 atom stereocenters. The zero-order valence-electron chi connectivity index (χ0n) is 24.3. The number of halogens is 1. The van der Waals surface area contributed by atoms with Gasteiger partial charge in [0.15, 0.2) is 0 Å². The summed E-state index contributed by atoms with van der Waals surface area (Å²) in [7, 11) is -4.16. The number of anilines is 1. The molecule has 2 amide bonds. The fraction of sp³-hybridized carbons (Fsp3) is 0.375. The van der Waals surface area contributed by atoms with Gasteiger partial charge >= 0.3 is 0 Å². The molecular formula is C32H38ClN3O5S. The molecule has 0 saturated heterocycles. The molecule has 1 fully saturated rings. The van der Waals surface area contributed by atoms with Gasteiger partial charge in [0.2, 0.25) is 11.8 Å². The SMILES string of the molecule is CCOc1ccc(S(=O)(=O)N(CC(=O)N(Cc2ccc(Cl)cc2)[C@@H](C)C(=O)NC2CCCC2)c2ccc(C)cc2)cc1. The topological polar surface area (TPSA) is 96.0 Å². The van der Waals surface area contributed by atoms with Crippen LogP contribution in [0.15, 0.2) is 77.7 Å². The number of hydrogen-bond acceptors (Lipinski definition) is 5. The van der Waals surface area contributed by atoms with E-state index in [1.165, 1.54) is 17.0 Å². The number of amides is 2. The van der Waals surface area contributed by atoms with Gasteiger partial charge < -0.3 is 15.0 Å². The maximum atomic E-state index is 14.1. The number of rotatable bonds is 12. The number of sulfonamides is 1. The Morgan fingerprint density at radius 1 is 0.976 bits per heavy atom. The molecule has 4 rings (SSSR count). The first-order valence-electron chi connectivity index (χ1n) is 14.2. The predicted octanol–water partition coefficient (Wildman–Crippen LogP) is 5.72. The highest BCUT2D eigenvalue weighted by atomic mass is 35.5. The van der Waals surface area contributed by atoms with Gasteiger partial charge in [-0.25, -0.2) is 8.42 Å². The smallest absolute Gasteiger partial charge is 0.264 e. The first-order chi connectivity index (χ1) is 20.1. The summed E-state index contributed by atoms with van der Waals surface area (Å²) in [6.07, 6.45) is 3.93. The standard InChI is InChI=1S/C32H38ClN3O5S/c1-4-41-29-17-19-30(20-18-29)42(39,40)36(28-15-9-23(2)10-16-28)22-31(37)35(21-25-11-13-26(33)14-12-25)24(3)32(38)34-27-7-5-6-8-27/h9-20,24,27H,4-8,21-22H2,1-3H3,(H,34,38)/t24-/m0/s1. The lowest BCUT2D eigenvalue weighted by Gasteiger charge is -2.32. The fourth-order valence-corrected chi connectivity index (χ4v) is 6.54. The summed E-state index contributed by atoms with van der Waals surface area (Å²) >= 11 is 6.08. The Morgan fingerprint density at radius 3 is 2.19 bits per heavy atom. The monoisotopic (exact) mass is 611 g/mol. The summed E-state index contributed by atoms with van der Waals surface area (Å²) < 4.78 is 34.6. The van der Waals surface area contributed by atoms with E-state index in [1.807, 2.05) is 13.8 Å². The lowest BCUT2D eigenvalue weighted by Crippen LogP contribution is -2.52. The van der Waals surface area contributed by atoms with Crippen LogP contribution >= 0.6 is 11.6 Å². The lowest BCUT2D eigenvalue weighted by molar-refractivity contribution is -0.139. The Labute approximate surface area is 253 Å². The number of aryl methyl sites for hydroxylation is 1. The number of carbonyl (C=O) groups is 2. The highest BCUT2D eigenvalue weighted by molar-refractivity contribution is 7.92. The van der Waals surface area contributed by atoms with Crippen LogP contribution in [-0.2, 0) is 26.2 Å². The van der Waals surface area contributed by atoms with Gasteiger partial charge in [-0.15, -0.1) is 0 Å². The number of carbonyl (C=O) groups excluding carboxylic acids is 2. The van der Waals surface area contributed by atoms with E-state index in [4.69, 9.17) is 16.3 Å². The second kappa shape index (κ2) is 14.1. The van der Waals surface area contributed by atoms with Gasteiger partial charge in [0.1, 0.15) is 18.3 Å². The first-order valence-corrected chi connectivity index (χ1v) is 16.1. The van der Waals surface area contributed by atoms with Gasteiger partial charge in [-0.1, -0.05) is 54.3 Å². The van der Waals surface area contributed by atoms with Gasteiger partial charge in [0, 0.05) is 17.6 Å². The van der Waals surface area contributed by atoms with Gasteiger partial charge in [0.25, 0.3) is 10.0 Å². The molecule has 0 radical (unpaired) electrons. The second-order valence-corrected chi connectivity index (χ2v) is 12.9. The van der Waals surface area contributed by atoms with E-state index >= 15 is 0 Å². The van der Waals surface area contributed by atoms with Gasteiger partial charge in [-0.3, -0.25) is 13.9 Å². The molecule has 0 aromatic heterocycles. The molecule has 3 aromatic carbocycles. The number of ether oxygens (including phenoxy) is 1. The highest BCUT2D eigenvalue weighted by Crippen LogP contribution is 2.27. The van der Waals surface area contributed by atoms with Gasteiger partial charge in [-0.2, -0.15) is 0 Å². The van der Waals surface area contributed by atoms with Crippen molar-refractivity contribution in [3.05, 3.63) is 88.9 Å². The summed E-state index contributed by atoms with van der Waals surface area (Å²) in [4.78, 5) is 28.8. The molecule has 10 heteroatoms. The number of nitrogens with zero attached hydrogens (tertiary/aromatic N) is 2. The third-order valence-corrected chi connectivity index (χ3v) is 9.50. The van der Waals surface area contributed by atoms with E-state index in [0.29, 0.717) is 23.1 Å². The van der Waals surface area contributed by atoms with Crippen molar-refractivity contribution in [2.24, 2.45) is 0 Å². The molecule has 1 N–H and O–H groups in total. The minimum Gasteiger partial charge on any atom is -0.494 e. The fourth-order valence-electron chi connectivity index (χ4n) is 5.00. The van der Waals surface area contributed by atoms with E-state index < -0.39 is 28.5 Å². The lowest BCUT2D eigenvalue weighted by atomic mass is 10.1. The van der Waals surface area contributed by atoms with Crippen LogP contribution in [0.4, 0.5) is 5.69 Å². The molecular weight excluding hydrogens is 574 g/mol. The van der Waals surface area contributed by atoms with Crippen LogP contribution in [0.5, 0.6) is 5.75 Å². The molecule has 1 aliphatic rings. The van der Waals surface area contributed by atoms with Crippen LogP contribution in [0.3, 0.4) is 0 Å². The average molecular weight is 612 g/mol. The zero-order valence-corrected chi connectivity index (χ0v) is 25.8. The van der Waals surface area contributed by atoms with Crippen LogP contribution < -0.4 is 14.4 Å². The summed E-state index contributed by atoms with van der Waals surface area (Å²) in [5.74, 6) is -0.222.